The van der Waals surface area contributed by atoms with Gasteiger partial charge in [-0.2, -0.15) is 5.26 Å². The van der Waals surface area contributed by atoms with Crippen LogP contribution in [0.4, 0.5) is 5.69 Å². The van der Waals surface area contributed by atoms with Gasteiger partial charge in [-0.3, -0.25) is 4.79 Å². The maximum absolute atomic E-state index is 12.0. The van der Waals surface area contributed by atoms with Gasteiger partial charge < -0.3 is 11.1 Å². The molecule has 0 spiro atoms. The lowest BCUT2D eigenvalue weighted by molar-refractivity contribution is 0.0936. The number of nitrogens with zero attached hydrogens (tertiary/aromatic N) is 2. The number of fused-ring (bicyclic) bond motifs is 1. The number of benzene rings is 1. The van der Waals surface area contributed by atoms with Crippen molar-refractivity contribution in [1.29, 1.82) is 5.26 Å². The number of nitrogens with two attached hydrogens (primary N) is 1. The molecule has 96 valence electrons. The van der Waals surface area contributed by atoms with Gasteiger partial charge in [-0.05, 0) is 19.1 Å². The largest absolute Gasteiger partial charge is 0.398 e. The fourth-order valence-electron chi connectivity index (χ4n) is 1.80. The summed E-state index contributed by atoms with van der Waals surface area (Å²) in [6, 6.07) is 10.7. The van der Waals surface area contributed by atoms with Crippen LogP contribution in [-0.4, -0.2) is 16.9 Å². The second-order valence-corrected chi connectivity index (χ2v) is 4.35. The van der Waals surface area contributed by atoms with Gasteiger partial charge in [0.25, 0.3) is 5.91 Å². The third kappa shape index (κ3) is 2.80. The Labute approximate surface area is 111 Å². The molecule has 1 amide bonds. The SMILES string of the molecule is CC(CC#N)NC(=O)c1cc(N)c2ccccc2n1. The minimum Gasteiger partial charge on any atom is -0.398 e. The van der Waals surface area contributed by atoms with Crippen molar-refractivity contribution in [3.63, 3.8) is 0 Å². The highest BCUT2D eigenvalue weighted by atomic mass is 16.1. The van der Waals surface area contributed by atoms with Crippen LogP contribution in [0, 0.1) is 11.3 Å². The minimum atomic E-state index is -0.319. The Bertz CT molecular complexity index is 660. The van der Waals surface area contributed by atoms with Crippen molar-refractivity contribution in [2.24, 2.45) is 0 Å². The Balaban J connectivity index is 2.31. The van der Waals surface area contributed by atoms with Crippen LogP contribution in [0.15, 0.2) is 30.3 Å². The van der Waals surface area contributed by atoms with Crippen molar-refractivity contribution in [1.82, 2.24) is 10.3 Å². The second-order valence-electron chi connectivity index (χ2n) is 4.35. The molecular weight excluding hydrogens is 240 g/mol. The van der Waals surface area contributed by atoms with Gasteiger partial charge in [0, 0.05) is 17.1 Å². The molecule has 0 bridgehead atoms. The molecule has 19 heavy (non-hydrogen) atoms. The number of para-hydroxylation sites is 1. The number of pyridine rings is 1. The van der Waals surface area contributed by atoms with Gasteiger partial charge in [0.05, 0.1) is 18.0 Å². The van der Waals surface area contributed by atoms with Crippen LogP contribution in [0.3, 0.4) is 0 Å². The molecule has 0 aliphatic carbocycles. The minimum absolute atomic E-state index is 0.216. The van der Waals surface area contributed by atoms with Gasteiger partial charge in [-0.1, -0.05) is 18.2 Å². The summed E-state index contributed by atoms with van der Waals surface area (Å²) in [6.45, 7) is 1.77. The first-order valence-electron chi connectivity index (χ1n) is 5.95. The van der Waals surface area contributed by atoms with E-state index >= 15 is 0 Å². The molecule has 1 atom stereocenters. The molecule has 0 aliphatic rings. The van der Waals surface area contributed by atoms with Crippen molar-refractivity contribution >= 4 is 22.5 Å². The number of amides is 1. The molecular formula is C14H14N4O. The fourth-order valence-corrected chi connectivity index (χ4v) is 1.80. The van der Waals surface area contributed by atoms with E-state index in [-0.39, 0.29) is 24.1 Å². The Morgan fingerprint density at radius 1 is 1.53 bits per heavy atom. The molecule has 0 saturated heterocycles. The van der Waals surface area contributed by atoms with E-state index in [2.05, 4.69) is 10.3 Å². The van der Waals surface area contributed by atoms with Crippen LogP contribution >= 0.6 is 0 Å². The highest BCUT2D eigenvalue weighted by molar-refractivity contribution is 5.99. The number of rotatable bonds is 3. The number of aromatic nitrogens is 1. The predicted octanol–water partition coefficient (Wildman–Crippen LogP) is 1.85. The van der Waals surface area contributed by atoms with Crippen molar-refractivity contribution in [3.05, 3.63) is 36.0 Å². The average molecular weight is 254 g/mol. The summed E-state index contributed by atoms with van der Waals surface area (Å²) < 4.78 is 0. The molecule has 1 aromatic carbocycles. The monoisotopic (exact) mass is 254 g/mol. The van der Waals surface area contributed by atoms with Crippen molar-refractivity contribution in [3.8, 4) is 6.07 Å². The van der Waals surface area contributed by atoms with Gasteiger partial charge in [-0.15, -0.1) is 0 Å². The van der Waals surface area contributed by atoms with E-state index in [1.807, 2.05) is 24.3 Å². The second kappa shape index (κ2) is 5.36. The van der Waals surface area contributed by atoms with E-state index in [1.54, 1.807) is 19.1 Å². The maximum atomic E-state index is 12.0. The molecule has 0 fully saturated rings. The van der Waals surface area contributed by atoms with Crippen LogP contribution in [0.25, 0.3) is 10.9 Å². The lowest BCUT2D eigenvalue weighted by Crippen LogP contribution is -2.32. The van der Waals surface area contributed by atoms with Gasteiger partial charge in [-0.25, -0.2) is 4.98 Å². The Morgan fingerprint density at radius 2 is 2.26 bits per heavy atom. The van der Waals surface area contributed by atoms with Gasteiger partial charge in [0.15, 0.2) is 0 Å². The van der Waals surface area contributed by atoms with E-state index in [1.165, 1.54) is 0 Å². The molecule has 0 radical (unpaired) electrons. The smallest absolute Gasteiger partial charge is 0.270 e. The number of carbonyl (C=O) groups is 1. The zero-order chi connectivity index (χ0) is 13.8. The van der Waals surface area contributed by atoms with Crippen molar-refractivity contribution < 1.29 is 4.79 Å². The molecule has 2 rings (SSSR count). The van der Waals surface area contributed by atoms with Gasteiger partial charge in [0.2, 0.25) is 0 Å². The fraction of sp³-hybridized carbons (Fsp3) is 0.214. The van der Waals surface area contributed by atoms with Crippen LogP contribution in [-0.2, 0) is 0 Å². The van der Waals surface area contributed by atoms with E-state index < -0.39 is 0 Å². The summed E-state index contributed by atoms with van der Waals surface area (Å²) in [6.07, 6.45) is 0.259. The normalized spacial score (nSPS) is 11.8. The summed E-state index contributed by atoms with van der Waals surface area (Å²) >= 11 is 0. The third-order valence-corrected chi connectivity index (χ3v) is 2.76. The van der Waals surface area contributed by atoms with E-state index in [0.717, 1.165) is 5.39 Å². The number of nitrogens with one attached hydrogen (secondary N) is 1. The Morgan fingerprint density at radius 3 is 3.00 bits per heavy atom. The standard InChI is InChI=1S/C14H14N4O/c1-9(6-7-15)17-14(19)13-8-11(16)10-4-2-3-5-12(10)18-13/h2-5,8-9H,6H2,1H3,(H2,16,18)(H,17,19). The van der Waals surface area contributed by atoms with Gasteiger partial charge >= 0.3 is 0 Å². The molecule has 1 aromatic heterocycles. The first-order valence-corrected chi connectivity index (χ1v) is 5.95. The van der Waals surface area contributed by atoms with Crippen LogP contribution in [0.2, 0.25) is 0 Å². The first-order chi connectivity index (χ1) is 9.11. The molecule has 0 saturated carbocycles. The molecule has 1 unspecified atom stereocenters. The van der Waals surface area contributed by atoms with Crippen LogP contribution in [0.1, 0.15) is 23.8 Å². The summed E-state index contributed by atoms with van der Waals surface area (Å²) in [5.41, 5.74) is 7.38. The predicted molar refractivity (Wildman–Crippen MR) is 73.3 cm³/mol. The quantitative estimate of drug-likeness (QED) is 0.874. The van der Waals surface area contributed by atoms with E-state index in [4.69, 9.17) is 11.0 Å². The summed E-state index contributed by atoms with van der Waals surface area (Å²) in [5, 5.41) is 12.1. The van der Waals surface area contributed by atoms with E-state index in [9.17, 15) is 4.79 Å². The number of nitrogen functional groups attached to an aromatic ring is 1. The molecule has 3 N–H and O–H groups in total. The lowest BCUT2D eigenvalue weighted by Gasteiger charge is -2.11. The summed E-state index contributed by atoms with van der Waals surface area (Å²) in [4.78, 5) is 16.3. The number of hydrogen-bond donors (Lipinski definition) is 2. The number of carbonyl (C=O) groups excluding carboxylic acids is 1. The number of anilines is 1. The molecule has 5 nitrogen and oxygen atoms in total. The van der Waals surface area contributed by atoms with Crippen molar-refractivity contribution in [2.75, 3.05) is 5.73 Å². The third-order valence-electron chi connectivity index (χ3n) is 2.76. The zero-order valence-corrected chi connectivity index (χ0v) is 10.6. The molecule has 1 heterocycles. The Hall–Kier alpha value is -2.61. The lowest BCUT2D eigenvalue weighted by atomic mass is 10.1. The maximum Gasteiger partial charge on any atom is 0.270 e. The average Bonchev–Trinajstić information content (AvgIpc) is 2.39. The van der Waals surface area contributed by atoms with Gasteiger partial charge in [0.1, 0.15) is 5.69 Å². The van der Waals surface area contributed by atoms with Crippen LogP contribution < -0.4 is 11.1 Å². The summed E-state index contributed by atoms with van der Waals surface area (Å²) in [7, 11) is 0. The zero-order valence-electron chi connectivity index (χ0n) is 10.6. The Kier molecular flexibility index (Phi) is 3.62. The molecule has 2 aromatic rings. The number of nitriles is 1. The topological polar surface area (TPSA) is 91.8 Å². The highest BCUT2D eigenvalue weighted by Gasteiger charge is 2.13. The number of hydrogen-bond acceptors (Lipinski definition) is 4. The summed E-state index contributed by atoms with van der Waals surface area (Å²) in [5.74, 6) is -0.319. The molecule has 5 heteroatoms. The van der Waals surface area contributed by atoms with E-state index in [0.29, 0.717) is 11.2 Å². The van der Waals surface area contributed by atoms with Crippen molar-refractivity contribution in [2.45, 2.75) is 19.4 Å². The van der Waals surface area contributed by atoms with Crippen LogP contribution in [0.5, 0.6) is 0 Å². The molecule has 0 aliphatic heterocycles. The highest BCUT2D eigenvalue weighted by Crippen LogP contribution is 2.20. The first kappa shape index (κ1) is 12.8.